The van der Waals surface area contributed by atoms with Gasteiger partial charge < -0.3 is 4.74 Å². The zero-order valence-corrected chi connectivity index (χ0v) is 5.73. The standard InChI is InChI=1S/C9H10O/c1-2-6-9-8(4-1)5-3-7-10-9/h1-4,6-9H,5H2. The minimum atomic E-state index is 0.301. The van der Waals surface area contributed by atoms with Gasteiger partial charge in [-0.1, -0.05) is 18.2 Å². The fraction of sp³-hybridized carbons (Fsp3) is 0.333. The van der Waals surface area contributed by atoms with Crippen LogP contribution in [0.5, 0.6) is 0 Å². The van der Waals surface area contributed by atoms with Crippen LogP contribution in [0, 0.1) is 5.92 Å². The number of fused-ring (bicyclic) bond motifs is 1. The van der Waals surface area contributed by atoms with Crippen LogP contribution in [0.3, 0.4) is 0 Å². The Morgan fingerprint density at radius 2 is 2.10 bits per heavy atom. The van der Waals surface area contributed by atoms with Crippen molar-refractivity contribution in [3.8, 4) is 0 Å². The smallest absolute Gasteiger partial charge is 0.123 e. The van der Waals surface area contributed by atoms with Gasteiger partial charge in [-0.2, -0.15) is 0 Å². The van der Waals surface area contributed by atoms with Crippen LogP contribution < -0.4 is 0 Å². The average molecular weight is 134 g/mol. The van der Waals surface area contributed by atoms with E-state index < -0.39 is 0 Å². The normalized spacial score (nSPS) is 35.2. The van der Waals surface area contributed by atoms with Gasteiger partial charge in [-0.05, 0) is 18.6 Å². The molecule has 0 aromatic rings. The van der Waals surface area contributed by atoms with E-state index in [1.54, 1.807) is 6.26 Å². The maximum Gasteiger partial charge on any atom is 0.123 e. The SMILES string of the molecule is C1=CC2CC=COC2C=C1. The lowest BCUT2D eigenvalue weighted by Gasteiger charge is -2.25. The molecule has 0 aromatic heterocycles. The molecule has 0 aromatic carbocycles. The molecule has 2 unspecified atom stereocenters. The third-order valence-electron chi connectivity index (χ3n) is 1.93. The molecule has 10 heavy (non-hydrogen) atoms. The van der Waals surface area contributed by atoms with Crippen LogP contribution >= 0.6 is 0 Å². The highest BCUT2D eigenvalue weighted by Gasteiger charge is 2.19. The molecule has 2 rings (SSSR count). The van der Waals surface area contributed by atoms with E-state index in [0.717, 1.165) is 6.42 Å². The molecule has 0 saturated carbocycles. The van der Waals surface area contributed by atoms with Crippen LogP contribution in [0.25, 0.3) is 0 Å². The molecular formula is C9H10O. The van der Waals surface area contributed by atoms with E-state index in [2.05, 4.69) is 24.3 Å². The van der Waals surface area contributed by atoms with Crippen molar-refractivity contribution in [1.29, 1.82) is 0 Å². The van der Waals surface area contributed by atoms with Crippen molar-refractivity contribution in [3.05, 3.63) is 36.6 Å². The number of allylic oxidation sites excluding steroid dienone is 3. The molecule has 52 valence electrons. The summed E-state index contributed by atoms with van der Waals surface area (Å²) in [6.45, 7) is 0. The first kappa shape index (κ1) is 5.78. The molecular weight excluding hydrogens is 124 g/mol. The van der Waals surface area contributed by atoms with Gasteiger partial charge in [0.1, 0.15) is 6.10 Å². The van der Waals surface area contributed by atoms with Crippen molar-refractivity contribution >= 4 is 0 Å². The van der Waals surface area contributed by atoms with E-state index in [1.165, 1.54) is 0 Å². The Kier molecular flexibility index (Phi) is 1.35. The Bertz CT molecular complexity index is 179. The van der Waals surface area contributed by atoms with Gasteiger partial charge in [0.25, 0.3) is 0 Å². The van der Waals surface area contributed by atoms with E-state index in [-0.39, 0.29) is 0 Å². The van der Waals surface area contributed by atoms with Crippen LogP contribution in [0.15, 0.2) is 36.6 Å². The lowest BCUT2D eigenvalue weighted by atomic mass is 9.93. The van der Waals surface area contributed by atoms with E-state index in [9.17, 15) is 0 Å². The summed E-state index contributed by atoms with van der Waals surface area (Å²) in [6, 6.07) is 0. The summed E-state index contributed by atoms with van der Waals surface area (Å²) in [5.74, 6) is 0.579. The van der Waals surface area contributed by atoms with Gasteiger partial charge >= 0.3 is 0 Å². The second-order valence-electron chi connectivity index (χ2n) is 2.64. The minimum absolute atomic E-state index is 0.301. The Hall–Kier alpha value is -0.980. The molecule has 0 bridgehead atoms. The Balaban J connectivity index is 2.19. The number of ether oxygens (including phenoxy) is 1. The fourth-order valence-corrected chi connectivity index (χ4v) is 1.35. The molecule has 1 heteroatoms. The van der Waals surface area contributed by atoms with Crippen molar-refractivity contribution in [2.75, 3.05) is 0 Å². The van der Waals surface area contributed by atoms with Crippen LogP contribution in [-0.4, -0.2) is 6.10 Å². The van der Waals surface area contributed by atoms with Gasteiger partial charge in [-0.15, -0.1) is 0 Å². The zero-order chi connectivity index (χ0) is 6.81. The second-order valence-corrected chi connectivity index (χ2v) is 2.64. The maximum absolute atomic E-state index is 5.36. The Morgan fingerprint density at radius 3 is 3.00 bits per heavy atom. The monoisotopic (exact) mass is 134 g/mol. The van der Waals surface area contributed by atoms with Crippen molar-refractivity contribution in [2.24, 2.45) is 5.92 Å². The van der Waals surface area contributed by atoms with E-state index in [1.807, 2.05) is 6.08 Å². The average Bonchev–Trinajstić information content (AvgIpc) is 2.05. The Morgan fingerprint density at radius 1 is 1.20 bits per heavy atom. The Labute approximate surface area is 60.7 Å². The fourth-order valence-electron chi connectivity index (χ4n) is 1.35. The second kappa shape index (κ2) is 2.33. The summed E-state index contributed by atoms with van der Waals surface area (Å²) in [6.07, 6.45) is 13.7. The van der Waals surface area contributed by atoms with Crippen molar-refractivity contribution in [3.63, 3.8) is 0 Å². The molecule has 1 heterocycles. The first-order chi connectivity index (χ1) is 4.97. The van der Waals surface area contributed by atoms with E-state index in [4.69, 9.17) is 4.74 Å². The third kappa shape index (κ3) is 0.878. The summed E-state index contributed by atoms with van der Waals surface area (Å²) in [7, 11) is 0. The van der Waals surface area contributed by atoms with E-state index >= 15 is 0 Å². The van der Waals surface area contributed by atoms with Crippen LogP contribution in [0.4, 0.5) is 0 Å². The highest BCUT2D eigenvalue weighted by atomic mass is 16.5. The molecule has 2 atom stereocenters. The summed E-state index contributed by atoms with van der Waals surface area (Å²) < 4.78 is 5.36. The molecule has 0 N–H and O–H groups in total. The van der Waals surface area contributed by atoms with Gasteiger partial charge in [-0.25, -0.2) is 0 Å². The first-order valence-corrected chi connectivity index (χ1v) is 3.62. The third-order valence-corrected chi connectivity index (χ3v) is 1.93. The molecule has 0 amide bonds. The highest BCUT2D eigenvalue weighted by Crippen LogP contribution is 2.23. The van der Waals surface area contributed by atoms with Crippen molar-refractivity contribution < 1.29 is 4.74 Å². The van der Waals surface area contributed by atoms with E-state index in [0.29, 0.717) is 12.0 Å². The largest absolute Gasteiger partial charge is 0.494 e. The molecule has 0 fully saturated rings. The van der Waals surface area contributed by atoms with Gasteiger partial charge in [0.15, 0.2) is 0 Å². The molecule has 1 aliphatic heterocycles. The van der Waals surface area contributed by atoms with Gasteiger partial charge in [0.05, 0.1) is 6.26 Å². The van der Waals surface area contributed by atoms with Gasteiger partial charge in [-0.3, -0.25) is 0 Å². The van der Waals surface area contributed by atoms with Crippen LogP contribution in [-0.2, 0) is 4.74 Å². The highest BCUT2D eigenvalue weighted by molar-refractivity contribution is 5.17. The molecule has 0 saturated heterocycles. The quantitative estimate of drug-likeness (QED) is 0.492. The number of hydrogen-bond acceptors (Lipinski definition) is 1. The number of rotatable bonds is 0. The summed E-state index contributed by atoms with van der Waals surface area (Å²) >= 11 is 0. The molecule has 1 nitrogen and oxygen atoms in total. The molecule has 0 spiro atoms. The molecule has 1 aliphatic carbocycles. The summed E-state index contributed by atoms with van der Waals surface area (Å²) in [5, 5.41) is 0. The summed E-state index contributed by atoms with van der Waals surface area (Å²) in [5.41, 5.74) is 0. The maximum atomic E-state index is 5.36. The van der Waals surface area contributed by atoms with Gasteiger partial charge in [0.2, 0.25) is 0 Å². The lowest BCUT2D eigenvalue weighted by Crippen LogP contribution is -2.22. The topological polar surface area (TPSA) is 9.23 Å². The predicted molar refractivity (Wildman–Crippen MR) is 40.4 cm³/mol. The minimum Gasteiger partial charge on any atom is -0.494 e. The molecule has 2 aliphatic rings. The summed E-state index contributed by atoms with van der Waals surface area (Å²) in [4.78, 5) is 0. The van der Waals surface area contributed by atoms with Crippen LogP contribution in [0.1, 0.15) is 6.42 Å². The van der Waals surface area contributed by atoms with Crippen molar-refractivity contribution in [2.45, 2.75) is 12.5 Å². The molecule has 0 radical (unpaired) electrons. The predicted octanol–water partition coefficient (Wildman–Crippen LogP) is 2.03. The number of hydrogen-bond donors (Lipinski definition) is 0. The van der Waals surface area contributed by atoms with Gasteiger partial charge in [0, 0.05) is 5.92 Å². The lowest BCUT2D eigenvalue weighted by molar-refractivity contribution is 0.131. The van der Waals surface area contributed by atoms with Crippen molar-refractivity contribution in [1.82, 2.24) is 0 Å². The first-order valence-electron chi connectivity index (χ1n) is 3.62. The zero-order valence-electron chi connectivity index (χ0n) is 5.73. The van der Waals surface area contributed by atoms with Crippen LogP contribution in [0.2, 0.25) is 0 Å².